The Morgan fingerprint density at radius 2 is 2.19 bits per heavy atom. The minimum Gasteiger partial charge on any atom is -0.436 e. The normalized spacial score (nSPS) is 10.6. The topological polar surface area (TPSA) is 107 Å². The zero-order chi connectivity index (χ0) is 15.4. The van der Waals surface area contributed by atoms with Crippen molar-refractivity contribution in [3.8, 4) is 0 Å². The molecule has 21 heavy (non-hydrogen) atoms. The van der Waals surface area contributed by atoms with Crippen LogP contribution in [-0.2, 0) is 0 Å². The second kappa shape index (κ2) is 6.53. The third-order valence-corrected chi connectivity index (χ3v) is 3.55. The Morgan fingerprint density at radius 1 is 1.43 bits per heavy atom. The van der Waals surface area contributed by atoms with Gasteiger partial charge in [-0.3, -0.25) is 10.1 Å². The first kappa shape index (κ1) is 15.2. The molecule has 0 amide bonds. The molecule has 0 fully saturated rings. The number of nitrogens with zero attached hydrogens (tertiary/aromatic N) is 4. The maximum Gasteiger partial charge on any atom is 0.343 e. The van der Waals surface area contributed by atoms with Crippen molar-refractivity contribution in [2.75, 3.05) is 11.9 Å². The molecule has 0 aliphatic carbocycles. The second-order valence-electron chi connectivity index (χ2n) is 4.28. The summed E-state index contributed by atoms with van der Waals surface area (Å²) in [7, 11) is 0. The van der Waals surface area contributed by atoms with Gasteiger partial charge in [0.25, 0.3) is 5.22 Å². The highest BCUT2D eigenvalue weighted by atomic mass is 32.2. The van der Waals surface area contributed by atoms with Gasteiger partial charge >= 0.3 is 5.69 Å². The Kier molecular flexibility index (Phi) is 4.73. The summed E-state index contributed by atoms with van der Waals surface area (Å²) < 4.78 is 5.42. The minimum atomic E-state index is -0.497. The van der Waals surface area contributed by atoms with Gasteiger partial charge in [-0.05, 0) is 32.0 Å². The number of rotatable bonds is 6. The Morgan fingerprint density at radius 3 is 2.76 bits per heavy atom. The molecule has 2 aromatic rings. The van der Waals surface area contributed by atoms with E-state index >= 15 is 0 Å². The van der Waals surface area contributed by atoms with Crippen molar-refractivity contribution in [2.24, 2.45) is 0 Å². The number of anilines is 1. The molecular weight excluding hydrogens is 294 g/mol. The number of oxazole rings is 1. The molecule has 0 bridgehead atoms. The van der Waals surface area contributed by atoms with E-state index in [0.717, 1.165) is 23.9 Å². The van der Waals surface area contributed by atoms with Gasteiger partial charge in [0.05, 0.1) is 10.6 Å². The standard InChI is InChI=1S/C12H15N5O3S/c1-4-5-13-10-9(17(18)19)11(15-6-14-10)21-12-16-7(2)8(3)20-12/h6H,4-5H2,1-3H3,(H,13,14,15). The highest BCUT2D eigenvalue weighted by Crippen LogP contribution is 2.36. The molecule has 8 nitrogen and oxygen atoms in total. The number of nitrogens with one attached hydrogen (secondary N) is 1. The minimum absolute atomic E-state index is 0.163. The summed E-state index contributed by atoms with van der Waals surface area (Å²) in [5, 5.41) is 14.7. The number of aromatic nitrogens is 3. The number of nitro groups is 1. The van der Waals surface area contributed by atoms with Gasteiger partial charge in [0, 0.05) is 6.54 Å². The van der Waals surface area contributed by atoms with Crippen LogP contribution in [0.1, 0.15) is 24.8 Å². The van der Waals surface area contributed by atoms with E-state index in [9.17, 15) is 10.1 Å². The molecule has 112 valence electrons. The van der Waals surface area contributed by atoms with Crippen LogP contribution in [0.4, 0.5) is 11.5 Å². The van der Waals surface area contributed by atoms with E-state index in [1.54, 1.807) is 6.92 Å². The molecule has 0 spiro atoms. The van der Waals surface area contributed by atoms with Gasteiger partial charge in [-0.2, -0.15) is 0 Å². The van der Waals surface area contributed by atoms with Gasteiger partial charge in [0.1, 0.15) is 12.1 Å². The van der Waals surface area contributed by atoms with Crippen LogP contribution in [0.2, 0.25) is 0 Å². The van der Waals surface area contributed by atoms with Gasteiger partial charge in [0.2, 0.25) is 5.82 Å². The molecule has 9 heteroatoms. The molecule has 0 atom stereocenters. The Bertz CT molecular complexity index is 639. The summed E-state index contributed by atoms with van der Waals surface area (Å²) in [6.45, 7) is 6.16. The fourth-order valence-corrected chi connectivity index (χ4v) is 2.43. The summed E-state index contributed by atoms with van der Waals surface area (Å²) >= 11 is 1.01. The van der Waals surface area contributed by atoms with Crippen LogP contribution in [0.25, 0.3) is 0 Å². The van der Waals surface area contributed by atoms with E-state index in [-0.39, 0.29) is 16.5 Å². The van der Waals surface area contributed by atoms with E-state index in [1.165, 1.54) is 6.33 Å². The van der Waals surface area contributed by atoms with Crippen molar-refractivity contribution in [3.63, 3.8) is 0 Å². The van der Waals surface area contributed by atoms with Gasteiger partial charge in [-0.1, -0.05) is 6.92 Å². The molecule has 0 saturated carbocycles. The number of aryl methyl sites for hydroxylation is 2. The van der Waals surface area contributed by atoms with E-state index in [2.05, 4.69) is 20.3 Å². The fourth-order valence-electron chi connectivity index (χ4n) is 1.54. The van der Waals surface area contributed by atoms with Crippen LogP contribution in [0.5, 0.6) is 0 Å². The predicted octanol–water partition coefficient (Wildman–Crippen LogP) is 2.96. The van der Waals surface area contributed by atoms with Crippen molar-refractivity contribution in [2.45, 2.75) is 37.4 Å². The van der Waals surface area contributed by atoms with Crippen LogP contribution >= 0.6 is 11.8 Å². The van der Waals surface area contributed by atoms with Gasteiger partial charge in [0.15, 0.2) is 5.03 Å². The summed E-state index contributed by atoms with van der Waals surface area (Å²) in [6, 6.07) is 0. The van der Waals surface area contributed by atoms with Crippen molar-refractivity contribution in [1.82, 2.24) is 15.0 Å². The molecule has 0 radical (unpaired) electrons. The Hall–Kier alpha value is -2.16. The molecular formula is C12H15N5O3S. The van der Waals surface area contributed by atoms with Crippen LogP contribution in [0.15, 0.2) is 21.0 Å². The van der Waals surface area contributed by atoms with Crippen LogP contribution in [0.3, 0.4) is 0 Å². The van der Waals surface area contributed by atoms with E-state index in [1.807, 2.05) is 13.8 Å². The molecule has 0 aliphatic rings. The third kappa shape index (κ3) is 3.48. The first-order valence-electron chi connectivity index (χ1n) is 6.38. The summed E-state index contributed by atoms with van der Waals surface area (Å²) in [5.74, 6) is 0.887. The first-order valence-corrected chi connectivity index (χ1v) is 7.19. The quantitative estimate of drug-likeness (QED) is 0.493. The molecule has 0 aromatic carbocycles. The SMILES string of the molecule is CCCNc1ncnc(Sc2nc(C)c(C)o2)c1[N+](=O)[O-]. The van der Waals surface area contributed by atoms with Crippen LogP contribution < -0.4 is 5.32 Å². The highest BCUT2D eigenvalue weighted by Gasteiger charge is 2.25. The lowest BCUT2D eigenvalue weighted by Gasteiger charge is -2.06. The summed E-state index contributed by atoms with van der Waals surface area (Å²) in [4.78, 5) is 22.9. The molecule has 0 unspecified atom stereocenters. The number of hydrogen-bond acceptors (Lipinski definition) is 8. The van der Waals surface area contributed by atoms with E-state index < -0.39 is 4.92 Å². The average molecular weight is 309 g/mol. The lowest BCUT2D eigenvalue weighted by molar-refractivity contribution is -0.387. The fraction of sp³-hybridized carbons (Fsp3) is 0.417. The second-order valence-corrected chi connectivity index (χ2v) is 5.22. The molecule has 2 heterocycles. The van der Waals surface area contributed by atoms with Crippen molar-refractivity contribution in [3.05, 3.63) is 27.9 Å². The zero-order valence-corrected chi connectivity index (χ0v) is 12.7. The molecule has 0 saturated heterocycles. The largest absolute Gasteiger partial charge is 0.436 e. The van der Waals surface area contributed by atoms with Crippen molar-refractivity contribution in [1.29, 1.82) is 0 Å². The molecule has 0 aliphatic heterocycles. The maximum atomic E-state index is 11.3. The van der Waals surface area contributed by atoms with Crippen LogP contribution in [0, 0.1) is 24.0 Å². The van der Waals surface area contributed by atoms with Crippen molar-refractivity contribution < 1.29 is 9.34 Å². The summed E-state index contributed by atoms with van der Waals surface area (Å²) in [6.07, 6.45) is 2.12. The number of hydrogen-bond donors (Lipinski definition) is 1. The van der Waals surface area contributed by atoms with Crippen LogP contribution in [-0.4, -0.2) is 26.4 Å². The van der Waals surface area contributed by atoms with E-state index in [4.69, 9.17) is 4.42 Å². The Balaban J connectivity index is 2.35. The average Bonchev–Trinajstić information content (AvgIpc) is 2.74. The lowest BCUT2D eigenvalue weighted by atomic mass is 10.4. The molecule has 2 aromatic heterocycles. The van der Waals surface area contributed by atoms with Gasteiger partial charge < -0.3 is 9.73 Å². The molecule has 2 rings (SSSR count). The first-order chi connectivity index (χ1) is 10.0. The summed E-state index contributed by atoms with van der Waals surface area (Å²) in [5.41, 5.74) is 0.586. The lowest BCUT2D eigenvalue weighted by Crippen LogP contribution is -2.07. The predicted molar refractivity (Wildman–Crippen MR) is 77.6 cm³/mol. The van der Waals surface area contributed by atoms with Crippen molar-refractivity contribution >= 4 is 23.3 Å². The van der Waals surface area contributed by atoms with E-state index in [0.29, 0.717) is 17.5 Å². The molecule has 1 N–H and O–H groups in total. The third-order valence-electron chi connectivity index (χ3n) is 2.71. The van der Waals surface area contributed by atoms with Gasteiger partial charge in [-0.25, -0.2) is 15.0 Å². The Labute approximate surface area is 125 Å². The highest BCUT2D eigenvalue weighted by molar-refractivity contribution is 7.99. The zero-order valence-electron chi connectivity index (χ0n) is 11.9. The maximum absolute atomic E-state index is 11.3. The smallest absolute Gasteiger partial charge is 0.343 e. The monoisotopic (exact) mass is 309 g/mol. The van der Waals surface area contributed by atoms with Gasteiger partial charge in [-0.15, -0.1) is 0 Å².